The van der Waals surface area contributed by atoms with E-state index in [2.05, 4.69) is 31.1 Å². The van der Waals surface area contributed by atoms with Crippen molar-refractivity contribution in [1.29, 1.82) is 0 Å². The SMILES string of the molecule is COc1ccc(OCC(=O)Nc2ccc3c(C(C)(C)C)cc(=O)[nH]c3c2)cc1. The monoisotopic (exact) mass is 380 g/mol. The zero-order chi connectivity index (χ0) is 20.3. The molecule has 2 N–H and O–H groups in total. The third-order valence-corrected chi connectivity index (χ3v) is 4.36. The second kappa shape index (κ2) is 7.76. The Morgan fingerprint density at radius 3 is 2.36 bits per heavy atom. The lowest BCUT2D eigenvalue weighted by Crippen LogP contribution is -2.20. The van der Waals surface area contributed by atoms with Crippen LogP contribution in [0.2, 0.25) is 0 Å². The summed E-state index contributed by atoms with van der Waals surface area (Å²) >= 11 is 0. The molecule has 1 aromatic heterocycles. The van der Waals surface area contributed by atoms with E-state index in [1.54, 1.807) is 43.5 Å². The number of nitrogens with one attached hydrogen (secondary N) is 2. The predicted molar refractivity (Wildman–Crippen MR) is 110 cm³/mol. The summed E-state index contributed by atoms with van der Waals surface area (Å²) in [5.74, 6) is 1.01. The maximum atomic E-state index is 12.2. The smallest absolute Gasteiger partial charge is 0.262 e. The molecule has 0 aliphatic carbocycles. The summed E-state index contributed by atoms with van der Waals surface area (Å²) in [5.41, 5.74) is 1.92. The first kappa shape index (κ1) is 19.5. The van der Waals surface area contributed by atoms with Crippen LogP contribution < -0.4 is 20.3 Å². The number of aromatic nitrogens is 1. The quantitative estimate of drug-likeness (QED) is 0.704. The van der Waals surface area contributed by atoms with Gasteiger partial charge in [-0.15, -0.1) is 0 Å². The van der Waals surface area contributed by atoms with E-state index in [0.717, 1.165) is 16.7 Å². The average molecular weight is 380 g/mol. The molecule has 3 rings (SSSR count). The third kappa shape index (κ3) is 4.52. The highest BCUT2D eigenvalue weighted by molar-refractivity contribution is 5.95. The van der Waals surface area contributed by atoms with Crippen LogP contribution in [0, 0.1) is 0 Å². The number of amides is 1. The molecule has 0 bridgehead atoms. The highest BCUT2D eigenvalue weighted by atomic mass is 16.5. The van der Waals surface area contributed by atoms with Gasteiger partial charge in [0.2, 0.25) is 5.56 Å². The second-order valence-corrected chi connectivity index (χ2v) is 7.57. The van der Waals surface area contributed by atoms with Gasteiger partial charge in [-0.3, -0.25) is 9.59 Å². The number of pyridine rings is 1. The molecule has 0 radical (unpaired) electrons. The molecular weight excluding hydrogens is 356 g/mol. The average Bonchev–Trinajstić information content (AvgIpc) is 2.65. The Balaban J connectivity index is 1.73. The summed E-state index contributed by atoms with van der Waals surface area (Å²) in [6, 6.07) is 14.1. The predicted octanol–water partition coefficient (Wildman–Crippen LogP) is 3.85. The van der Waals surface area contributed by atoms with Gasteiger partial charge in [0, 0.05) is 17.1 Å². The molecule has 1 heterocycles. The van der Waals surface area contributed by atoms with Crippen molar-refractivity contribution in [1.82, 2.24) is 4.98 Å². The molecule has 0 fully saturated rings. The lowest BCUT2D eigenvalue weighted by Gasteiger charge is -2.21. The van der Waals surface area contributed by atoms with Crippen LogP contribution in [0.1, 0.15) is 26.3 Å². The Kier molecular flexibility index (Phi) is 5.40. The van der Waals surface area contributed by atoms with Crippen molar-refractivity contribution in [2.75, 3.05) is 19.0 Å². The van der Waals surface area contributed by atoms with Crippen molar-refractivity contribution < 1.29 is 14.3 Å². The summed E-state index contributed by atoms with van der Waals surface area (Å²) in [4.78, 5) is 27.1. The summed E-state index contributed by atoms with van der Waals surface area (Å²) in [7, 11) is 1.59. The van der Waals surface area contributed by atoms with Crippen molar-refractivity contribution in [2.45, 2.75) is 26.2 Å². The lowest BCUT2D eigenvalue weighted by molar-refractivity contribution is -0.118. The molecule has 0 aliphatic rings. The van der Waals surface area contributed by atoms with Crippen LogP contribution in [0.5, 0.6) is 11.5 Å². The Morgan fingerprint density at radius 2 is 1.71 bits per heavy atom. The van der Waals surface area contributed by atoms with E-state index in [1.807, 2.05) is 12.1 Å². The number of methoxy groups -OCH3 is 1. The maximum Gasteiger partial charge on any atom is 0.262 e. The van der Waals surface area contributed by atoms with Crippen LogP contribution in [-0.4, -0.2) is 24.6 Å². The van der Waals surface area contributed by atoms with Crippen LogP contribution in [0.4, 0.5) is 5.69 Å². The van der Waals surface area contributed by atoms with Gasteiger partial charge in [-0.2, -0.15) is 0 Å². The van der Waals surface area contributed by atoms with Gasteiger partial charge < -0.3 is 19.8 Å². The Labute approximate surface area is 163 Å². The van der Waals surface area contributed by atoms with E-state index >= 15 is 0 Å². The largest absolute Gasteiger partial charge is 0.497 e. The van der Waals surface area contributed by atoms with E-state index in [0.29, 0.717) is 17.0 Å². The molecule has 0 atom stereocenters. The van der Waals surface area contributed by atoms with Crippen molar-refractivity contribution in [2.24, 2.45) is 0 Å². The topological polar surface area (TPSA) is 80.4 Å². The molecule has 0 saturated heterocycles. The Morgan fingerprint density at radius 1 is 1.04 bits per heavy atom. The van der Waals surface area contributed by atoms with Gasteiger partial charge in [0.25, 0.3) is 5.91 Å². The standard InChI is InChI=1S/C22H24N2O4/c1-22(2,3)18-12-20(25)24-19-11-14(5-10-17(18)19)23-21(26)13-28-16-8-6-15(27-4)7-9-16/h5-12H,13H2,1-4H3,(H,23,26)(H,24,25). The van der Waals surface area contributed by atoms with Gasteiger partial charge in [-0.05, 0) is 47.4 Å². The minimum Gasteiger partial charge on any atom is -0.497 e. The van der Waals surface area contributed by atoms with Gasteiger partial charge in [0.05, 0.1) is 12.6 Å². The van der Waals surface area contributed by atoms with E-state index in [4.69, 9.17) is 9.47 Å². The molecule has 1 amide bonds. The molecule has 6 nitrogen and oxygen atoms in total. The number of rotatable bonds is 5. The molecule has 0 saturated carbocycles. The highest BCUT2D eigenvalue weighted by Crippen LogP contribution is 2.29. The summed E-state index contributed by atoms with van der Waals surface area (Å²) < 4.78 is 10.6. The van der Waals surface area contributed by atoms with Crippen molar-refractivity contribution in [3.8, 4) is 11.5 Å². The van der Waals surface area contributed by atoms with Crippen molar-refractivity contribution >= 4 is 22.5 Å². The number of anilines is 1. The molecular formula is C22H24N2O4. The molecule has 2 aromatic carbocycles. The zero-order valence-electron chi connectivity index (χ0n) is 16.5. The number of H-pyrrole nitrogens is 1. The van der Waals surface area contributed by atoms with Crippen LogP contribution in [0.15, 0.2) is 53.3 Å². The Bertz CT molecular complexity index is 1050. The number of carbonyl (C=O) groups excluding carboxylic acids is 1. The fraction of sp³-hybridized carbons (Fsp3) is 0.273. The minimum absolute atomic E-state index is 0.122. The van der Waals surface area contributed by atoms with Gasteiger partial charge in [0.1, 0.15) is 11.5 Å². The normalized spacial score (nSPS) is 11.3. The first-order chi connectivity index (χ1) is 13.3. The van der Waals surface area contributed by atoms with E-state index in [1.165, 1.54) is 0 Å². The van der Waals surface area contributed by atoms with Gasteiger partial charge in [0.15, 0.2) is 6.61 Å². The number of aromatic amines is 1. The molecule has 28 heavy (non-hydrogen) atoms. The van der Waals surface area contributed by atoms with E-state index in [-0.39, 0.29) is 23.5 Å². The summed E-state index contributed by atoms with van der Waals surface area (Å²) in [6.45, 7) is 6.07. The minimum atomic E-state index is -0.288. The van der Waals surface area contributed by atoms with Crippen LogP contribution in [0.25, 0.3) is 10.9 Å². The number of ether oxygens (including phenoxy) is 2. The first-order valence-electron chi connectivity index (χ1n) is 9.00. The summed E-state index contributed by atoms with van der Waals surface area (Å²) in [6.07, 6.45) is 0. The number of benzene rings is 2. The van der Waals surface area contributed by atoms with Crippen molar-refractivity contribution in [3.63, 3.8) is 0 Å². The van der Waals surface area contributed by atoms with E-state index < -0.39 is 0 Å². The lowest BCUT2D eigenvalue weighted by atomic mass is 9.85. The van der Waals surface area contributed by atoms with Gasteiger partial charge >= 0.3 is 0 Å². The number of fused-ring (bicyclic) bond motifs is 1. The number of carbonyl (C=O) groups is 1. The van der Waals surface area contributed by atoms with Gasteiger partial charge in [-0.1, -0.05) is 26.8 Å². The van der Waals surface area contributed by atoms with Crippen LogP contribution in [0.3, 0.4) is 0 Å². The zero-order valence-corrected chi connectivity index (χ0v) is 16.5. The summed E-state index contributed by atoms with van der Waals surface area (Å²) in [5, 5.41) is 3.75. The molecule has 146 valence electrons. The number of hydrogen-bond donors (Lipinski definition) is 2. The molecule has 6 heteroatoms. The fourth-order valence-corrected chi connectivity index (χ4v) is 2.98. The third-order valence-electron chi connectivity index (χ3n) is 4.36. The molecule has 3 aromatic rings. The van der Waals surface area contributed by atoms with Crippen LogP contribution >= 0.6 is 0 Å². The maximum absolute atomic E-state index is 12.2. The second-order valence-electron chi connectivity index (χ2n) is 7.57. The van der Waals surface area contributed by atoms with Crippen molar-refractivity contribution in [3.05, 3.63) is 64.4 Å². The molecule has 0 spiro atoms. The Hall–Kier alpha value is -3.28. The van der Waals surface area contributed by atoms with Crippen LogP contribution in [-0.2, 0) is 10.2 Å². The van der Waals surface area contributed by atoms with E-state index in [9.17, 15) is 9.59 Å². The fourth-order valence-electron chi connectivity index (χ4n) is 2.98. The number of hydrogen-bond acceptors (Lipinski definition) is 4. The molecule has 0 aliphatic heterocycles. The molecule has 0 unspecified atom stereocenters. The first-order valence-corrected chi connectivity index (χ1v) is 9.00. The highest BCUT2D eigenvalue weighted by Gasteiger charge is 2.18. The van der Waals surface area contributed by atoms with Gasteiger partial charge in [-0.25, -0.2) is 0 Å².